The van der Waals surface area contributed by atoms with Crippen molar-refractivity contribution in [1.82, 2.24) is 10.6 Å². The summed E-state index contributed by atoms with van der Waals surface area (Å²) < 4.78 is 0. The SMILES string of the molecule is CC(CNCC1CCNCC1)C1CC1. The van der Waals surface area contributed by atoms with Crippen molar-refractivity contribution in [3.8, 4) is 0 Å². The standard InChI is InChI=1S/C12H24N2/c1-10(12-2-3-12)8-14-9-11-4-6-13-7-5-11/h10-14H,2-9H2,1H3. The smallest absolute Gasteiger partial charge is 0.00195 e. The highest BCUT2D eigenvalue weighted by molar-refractivity contribution is 4.80. The third-order valence-corrected chi connectivity index (χ3v) is 3.78. The lowest BCUT2D eigenvalue weighted by Gasteiger charge is -2.23. The van der Waals surface area contributed by atoms with Crippen molar-refractivity contribution in [2.75, 3.05) is 26.2 Å². The van der Waals surface area contributed by atoms with Gasteiger partial charge in [0.05, 0.1) is 0 Å². The summed E-state index contributed by atoms with van der Waals surface area (Å²) in [5, 5.41) is 7.06. The molecule has 0 bridgehead atoms. The zero-order valence-electron chi connectivity index (χ0n) is 9.39. The predicted molar refractivity (Wildman–Crippen MR) is 60.4 cm³/mol. The Morgan fingerprint density at radius 2 is 1.93 bits per heavy atom. The van der Waals surface area contributed by atoms with Crippen molar-refractivity contribution in [3.63, 3.8) is 0 Å². The fourth-order valence-electron chi connectivity index (χ4n) is 2.43. The Balaban J connectivity index is 1.52. The zero-order valence-corrected chi connectivity index (χ0v) is 9.39. The minimum atomic E-state index is 0.914. The van der Waals surface area contributed by atoms with Crippen molar-refractivity contribution in [2.45, 2.75) is 32.6 Å². The highest BCUT2D eigenvalue weighted by Gasteiger charge is 2.27. The maximum absolute atomic E-state index is 3.65. The first-order valence-electron chi connectivity index (χ1n) is 6.27. The second-order valence-corrected chi connectivity index (χ2v) is 5.17. The molecule has 1 aliphatic heterocycles. The van der Waals surface area contributed by atoms with E-state index < -0.39 is 0 Å². The third kappa shape index (κ3) is 3.25. The Morgan fingerprint density at radius 3 is 2.57 bits per heavy atom. The molecule has 1 aliphatic carbocycles. The van der Waals surface area contributed by atoms with E-state index in [1.54, 1.807) is 0 Å². The van der Waals surface area contributed by atoms with Crippen LogP contribution in [0.2, 0.25) is 0 Å². The fraction of sp³-hybridized carbons (Fsp3) is 1.00. The molecule has 2 N–H and O–H groups in total. The van der Waals surface area contributed by atoms with Crippen LogP contribution in [0.1, 0.15) is 32.6 Å². The van der Waals surface area contributed by atoms with E-state index in [-0.39, 0.29) is 0 Å². The molecule has 0 aromatic rings. The number of nitrogens with one attached hydrogen (secondary N) is 2. The van der Waals surface area contributed by atoms with Gasteiger partial charge in [-0.1, -0.05) is 6.92 Å². The van der Waals surface area contributed by atoms with Gasteiger partial charge in [-0.15, -0.1) is 0 Å². The zero-order chi connectivity index (χ0) is 9.80. The minimum Gasteiger partial charge on any atom is -0.317 e. The monoisotopic (exact) mass is 196 g/mol. The van der Waals surface area contributed by atoms with E-state index >= 15 is 0 Å². The summed E-state index contributed by atoms with van der Waals surface area (Å²) in [7, 11) is 0. The summed E-state index contributed by atoms with van der Waals surface area (Å²) in [6.07, 6.45) is 5.70. The molecule has 1 saturated heterocycles. The Labute approximate surface area is 87.8 Å². The van der Waals surface area contributed by atoms with Crippen LogP contribution in [0.15, 0.2) is 0 Å². The van der Waals surface area contributed by atoms with Crippen molar-refractivity contribution in [2.24, 2.45) is 17.8 Å². The van der Waals surface area contributed by atoms with Gasteiger partial charge < -0.3 is 10.6 Å². The molecule has 0 aromatic heterocycles. The summed E-state index contributed by atoms with van der Waals surface area (Å²) >= 11 is 0. The van der Waals surface area contributed by atoms with Gasteiger partial charge in [-0.05, 0) is 69.6 Å². The normalized spacial score (nSPS) is 26.4. The number of hydrogen-bond acceptors (Lipinski definition) is 2. The first-order chi connectivity index (χ1) is 6.86. The molecule has 1 heterocycles. The van der Waals surface area contributed by atoms with Gasteiger partial charge in [0.1, 0.15) is 0 Å². The first-order valence-corrected chi connectivity index (χ1v) is 6.27. The lowest BCUT2D eigenvalue weighted by Crippen LogP contribution is -2.35. The number of piperidine rings is 1. The molecular weight excluding hydrogens is 172 g/mol. The van der Waals surface area contributed by atoms with E-state index in [4.69, 9.17) is 0 Å². The van der Waals surface area contributed by atoms with Crippen LogP contribution < -0.4 is 10.6 Å². The van der Waals surface area contributed by atoms with Gasteiger partial charge in [-0.3, -0.25) is 0 Å². The first kappa shape index (κ1) is 10.4. The largest absolute Gasteiger partial charge is 0.317 e. The summed E-state index contributed by atoms with van der Waals surface area (Å²) in [5.74, 6) is 2.90. The molecule has 14 heavy (non-hydrogen) atoms. The van der Waals surface area contributed by atoms with Gasteiger partial charge >= 0.3 is 0 Å². The van der Waals surface area contributed by atoms with Crippen molar-refractivity contribution >= 4 is 0 Å². The van der Waals surface area contributed by atoms with Gasteiger partial charge in [0.25, 0.3) is 0 Å². The predicted octanol–water partition coefficient (Wildman–Crippen LogP) is 1.62. The Hall–Kier alpha value is -0.0800. The summed E-state index contributed by atoms with van der Waals surface area (Å²) in [5.41, 5.74) is 0. The molecule has 0 radical (unpaired) electrons. The highest BCUT2D eigenvalue weighted by Crippen LogP contribution is 2.36. The van der Waals surface area contributed by atoms with Crippen LogP contribution in [-0.4, -0.2) is 26.2 Å². The minimum absolute atomic E-state index is 0.914. The molecule has 1 unspecified atom stereocenters. The highest BCUT2D eigenvalue weighted by atomic mass is 14.9. The Bertz CT molecular complexity index is 160. The average Bonchev–Trinajstić information content (AvgIpc) is 3.02. The molecule has 2 aliphatic rings. The van der Waals surface area contributed by atoms with E-state index in [0.29, 0.717) is 0 Å². The van der Waals surface area contributed by atoms with Crippen molar-refractivity contribution in [3.05, 3.63) is 0 Å². The second kappa shape index (κ2) is 5.13. The molecule has 2 fully saturated rings. The average molecular weight is 196 g/mol. The maximum atomic E-state index is 3.65. The van der Waals surface area contributed by atoms with E-state index in [2.05, 4.69) is 17.6 Å². The Morgan fingerprint density at radius 1 is 1.21 bits per heavy atom. The lowest BCUT2D eigenvalue weighted by atomic mass is 9.98. The molecule has 1 atom stereocenters. The second-order valence-electron chi connectivity index (χ2n) is 5.17. The molecule has 0 amide bonds. The summed E-state index contributed by atoms with van der Waals surface area (Å²) in [6.45, 7) is 7.34. The van der Waals surface area contributed by atoms with E-state index in [1.165, 1.54) is 51.9 Å². The third-order valence-electron chi connectivity index (χ3n) is 3.78. The van der Waals surface area contributed by atoms with Gasteiger partial charge in [-0.25, -0.2) is 0 Å². The van der Waals surface area contributed by atoms with Crippen molar-refractivity contribution < 1.29 is 0 Å². The van der Waals surface area contributed by atoms with E-state index in [9.17, 15) is 0 Å². The van der Waals surface area contributed by atoms with Crippen LogP contribution in [0.5, 0.6) is 0 Å². The van der Waals surface area contributed by atoms with Gasteiger partial charge in [0.2, 0.25) is 0 Å². The molecule has 2 nitrogen and oxygen atoms in total. The topological polar surface area (TPSA) is 24.1 Å². The van der Waals surface area contributed by atoms with Crippen LogP contribution >= 0.6 is 0 Å². The van der Waals surface area contributed by atoms with Crippen LogP contribution in [0, 0.1) is 17.8 Å². The number of hydrogen-bond donors (Lipinski definition) is 2. The molecular formula is C12H24N2. The number of rotatable bonds is 5. The van der Waals surface area contributed by atoms with Crippen LogP contribution in [0.3, 0.4) is 0 Å². The molecule has 0 aromatic carbocycles. The van der Waals surface area contributed by atoms with Crippen LogP contribution in [0.25, 0.3) is 0 Å². The van der Waals surface area contributed by atoms with E-state index in [0.717, 1.165) is 17.8 Å². The molecule has 1 saturated carbocycles. The van der Waals surface area contributed by atoms with Crippen molar-refractivity contribution in [1.29, 1.82) is 0 Å². The van der Waals surface area contributed by atoms with Crippen LogP contribution in [-0.2, 0) is 0 Å². The quantitative estimate of drug-likeness (QED) is 0.698. The van der Waals surface area contributed by atoms with E-state index in [1.807, 2.05) is 0 Å². The fourth-order valence-corrected chi connectivity index (χ4v) is 2.43. The molecule has 2 rings (SSSR count). The van der Waals surface area contributed by atoms with Gasteiger partial charge in [0.15, 0.2) is 0 Å². The molecule has 0 spiro atoms. The molecule has 2 heteroatoms. The van der Waals surface area contributed by atoms with Crippen LogP contribution in [0.4, 0.5) is 0 Å². The summed E-state index contributed by atoms with van der Waals surface area (Å²) in [6, 6.07) is 0. The Kier molecular flexibility index (Phi) is 3.82. The van der Waals surface area contributed by atoms with Gasteiger partial charge in [0, 0.05) is 0 Å². The van der Waals surface area contributed by atoms with Gasteiger partial charge in [-0.2, -0.15) is 0 Å². The molecule has 82 valence electrons. The summed E-state index contributed by atoms with van der Waals surface area (Å²) in [4.78, 5) is 0. The lowest BCUT2D eigenvalue weighted by molar-refractivity contribution is 0.342. The maximum Gasteiger partial charge on any atom is -0.00195 e.